The first-order valence-corrected chi connectivity index (χ1v) is 10.6. The molecule has 6 heteroatoms. The molecule has 0 aliphatic carbocycles. The Hall–Kier alpha value is -2.11. The minimum absolute atomic E-state index is 0.0105. The maximum atomic E-state index is 13.3. The number of thiol groups is 1. The van der Waals surface area contributed by atoms with Crippen LogP contribution in [-0.4, -0.2) is 19.8 Å². The lowest BCUT2D eigenvalue weighted by Crippen LogP contribution is -2.35. The second-order valence-corrected chi connectivity index (χ2v) is 7.95. The molecule has 0 bridgehead atoms. The summed E-state index contributed by atoms with van der Waals surface area (Å²) in [5.41, 5.74) is 1.79. The Kier molecular flexibility index (Phi) is 5.72. The van der Waals surface area contributed by atoms with E-state index >= 15 is 0 Å². The molecule has 1 heterocycles. The van der Waals surface area contributed by atoms with Crippen LogP contribution in [0, 0.1) is 0 Å². The van der Waals surface area contributed by atoms with Gasteiger partial charge in [-0.1, -0.05) is 61.8 Å². The van der Waals surface area contributed by atoms with E-state index in [0.29, 0.717) is 34.8 Å². The number of carbonyl (C=O) groups is 1. The minimum Gasteiger partial charge on any atom is -0.478 e. The van der Waals surface area contributed by atoms with E-state index in [-0.39, 0.29) is 11.5 Å². The standard InChI is InChI=1S/C21H21ClO4S/c1-3-21(4-2)20(23)18(16-6-5-7-17(22)12-16)19(26-21)15-10-8-14(9-11-15)13-27(24)25/h5-12,27H,3-4,13H2,1-2H3. The van der Waals surface area contributed by atoms with Gasteiger partial charge in [0.1, 0.15) is 16.5 Å². The third kappa shape index (κ3) is 3.80. The number of Topliss-reactive ketones (excluding diaryl/α,β-unsaturated/α-hetero) is 1. The van der Waals surface area contributed by atoms with Crippen LogP contribution in [0.2, 0.25) is 5.02 Å². The highest BCUT2D eigenvalue weighted by molar-refractivity contribution is 7.71. The van der Waals surface area contributed by atoms with Gasteiger partial charge in [-0.25, -0.2) is 8.42 Å². The largest absolute Gasteiger partial charge is 0.478 e. The highest BCUT2D eigenvalue weighted by atomic mass is 35.5. The second kappa shape index (κ2) is 7.87. The molecule has 0 aromatic heterocycles. The molecule has 0 saturated heterocycles. The van der Waals surface area contributed by atoms with Gasteiger partial charge >= 0.3 is 0 Å². The highest BCUT2D eigenvalue weighted by Crippen LogP contribution is 2.44. The molecule has 0 fully saturated rings. The van der Waals surface area contributed by atoms with Crippen LogP contribution in [-0.2, 0) is 26.0 Å². The SMILES string of the molecule is CCC1(CC)OC(c2ccc(C[SH](=O)=O)cc2)=C(c2cccc(Cl)c2)C1=O. The van der Waals surface area contributed by atoms with E-state index in [1.165, 1.54) is 0 Å². The summed E-state index contributed by atoms with van der Waals surface area (Å²) in [5, 5.41) is 0.548. The summed E-state index contributed by atoms with van der Waals surface area (Å²) in [5.74, 6) is 0.462. The third-order valence-electron chi connectivity index (χ3n) is 4.95. The zero-order chi connectivity index (χ0) is 19.6. The van der Waals surface area contributed by atoms with Crippen LogP contribution in [0.1, 0.15) is 43.4 Å². The van der Waals surface area contributed by atoms with E-state index in [9.17, 15) is 13.2 Å². The molecule has 1 aliphatic heterocycles. The highest BCUT2D eigenvalue weighted by Gasteiger charge is 2.47. The van der Waals surface area contributed by atoms with Crippen molar-refractivity contribution in [3.63, 3.8) is 0 Å². The number of hydrogen-bond acceptors (Lipinski definition) is 4. The lowest BCUT2D eigenvalue weighted by atomic mass is 9.86. The molecule has 0 unspecified atom stereocenters. The average molecular weight is 405 g/mol. The van der Waals surface area contributed by atoms with Gasteiger partial charge in [0.2, 0.25) is 5.78 Å². The molecule has 142 valence electrons. The molecule has 0 radical (unpaired) electrons. The van der Waals surface area contributed by atoms with E-state index in [0.717, 1.165) is 11.1 Å². The number of benzene rings is 2. The Morgan fingerprint density at radius 1 is 1.00 bits per heavy atom. The van der Waals surface area contributed by atoms with Gasteiger partial charge in [-0.05, 0) is 36.1 Å². The quantitative estimate of drug-likeness (QED) is 0.721. The van der Waals surface area contributed by atoms with Gasteiger partial charge in [-0.15, -0.1) is 0 Å². The fourth-order valence-electron chi connectivity index (χ4n) is 3.36. The van der Waals surface area contributed by atoms with Crippen molar-refractivity contribution in [1.82, 2.24) is 0 Å². The number of halogens is 1. The molecule has 4 nitrogen and oxygen atoms in total. The van der Waals surface area contributed by atoms with E-state index < -0.39 is 16.3 Å². The summed E-state index contributed by atoms with van der Waals surface area (Å²) < 4.78 is 28.1. The maximum Gasteiger partial charge on any atom is 0.210 e. The summed E-state index contributed by atoms with van der Waals surface area (Å²) in [6.07, 6.45) is 1.12. The predicted molar refractivity (Wildman–Crippen MR) is 108 cm³/mol. The van der Waals surface area contributed by atoms with Crippen LogP contribution < -0.4 is 0 Å². The number of ketones is 1. The fourth-order valence-corrected chi connectivity index (χ4v) is 4.06. The number of ether oxygens (including phenoxy) is 1. The summed E-state index contributed by atoms with van der Waals surface area (Å²) >= 11 is 6.14. The lowest BCUT2D eigenvalue weighted by Gasteiger charge is -2.25. The monoisotopic (exact) mass is 404 g/mol. The molecule has 27 heavy (non-hydrogen) atoms. The summed E-state index contributed by atoms with van der Waals surface area (Å²) in [4.78, 5) is 13.3. The van der Waals surface area contributed by atoms with Gasteiger partial charge in [0, 0.05) is 10.6 Å². The maximum absolute atomic E-state index is 13.3. The minimum atomic E-state index is -2.49. The molecule has 0 spiro atoms. The molecule has 1 aliphatic rings. The van der Waals surface area contributed by atoms with Crippen molar-refractivity contribution in [2.24, 2.45) is 0 Å². The zero-order valence-corrected chi connectivity index (χ0v) is 16.8. The summed E-state index contributed by atoms with van der Waals surface area (Å²) in [7, 11) is -2.49. The van der Waals surface area contributed by atoms with E-state index in [1.807, 2.05) is 19.9 Å². The van der Waals surface area contributed by atoms with Crippen molar-refractivity contribution in [3.8, 4) is 0 Å². The van der Waals surface area contributed by atoms with Gasteiger partial charge < -0.3 is 4.74 Å². The molecule has 2 aromatic rings. The van der Waals surface area contributed by atoms with Crippen molar-refractivity contribution in [2.75, 3.05) is 0 Å². The molecule has 2 aromatic carbocycles. The van der Waals surface area contributed by atoms with Crippen molar-refractivity contribution in [3.05, 3.63) is 70.2 Å². The van der Waals surface area contributed by atoms with Crippen LogP contribution in [0.4, 0.5) is 0 Å². The van der Waals surface area contributed by atoms with Crippen LogP contribution in [0.25, 0.3) is 11.3 Å². The Bertz CT molecular complexity index is 962. The third-order valence-corrected chi connectivity index (χ3v) is 5.81. The lowest BCUT2D eigenvalue weighted by molar-refractivity contribution is -0.128. The Morgan fingerprint density at radius 3 is 2.22 bits per heavy atom. The van der Waals surface area contributed by atoms with Crippen LogP contribution in [0.5, 0.6) is 0 Å². The summed E-state index contributed by atoms with van der Waals surface area (Å²) in [6, 6.07) is 14.3. The van der Waals surface area contributed by atoms with Gasteiger partial charge in [0.25, 0.3) is 0 Å². The predicted octanol–water partition coefficient (Wildman–Crippen LogP) is 4.48. The van der Waals surface area contributed by atoms with Crippen molar-refractivity contribution < 1.29 is 17.9 Å². The average Bonchev–Trinajstić information content (AvgIpc) is 2.95. The molecule has 0 N–H and O–H groups in total. The molecule has 0 atom stereocenters. The Balaban J connectivity index is 2.13. The molecule has 0 amide bonds. The van der Waals surface area contributed by atoms with Crippen LogP contribution in [0.15, 0.2) is 48.5 Å². The molecular weight excluding hydrogens is 384 g/mol. The molecule has 3 rings (SSSR count). The van der Waals surface area contributed by atoms with Gasteiger partial charge in [-0.2, -0.15) is 0 Å². The van der Waals surface area contributed by atoms with Gasteiger partial charge in [-0.3, -0.25) is 4.79 Å². The van der Waals surface area contributed by atoms with Crippen molar-refractivity contribution in [2.45, 2.75) is 38.0 Å². The Morgan fingerprint density at radius 2 is 1.67 bits per heavy atom. The van der Waals surface area contributed by atoms with Crippen LogP contribution in [0.3, 0.4) is 0 Å². The zero-order valence-electron chi connectivity index (χ0n) is 15.2. The molecular formula is C21H21ClO4S. The molecule has 0 saturated carbocycles. The number of carbonyl (C=O) groups excluding carboxylic acids is 1. The van der Waals surface area contributed by atoms with E-state index in [2.05, 4.69) is 0 Å². The van der Waals surface area contributed by atoms with Gasteiger partial charge in [0.15, 0.2) is 5.60 Å². The first-order valence-electron chi connectivity index (χ1n) is 8.85. The number of rotatable bonds is 6. The first-order chi connectivity index (χ1) is 12.9. The number of hydrogen-bond donors (Lipinski definition) is 1. The first kappa shape index (κ1) is 19.6. The van der Waals surface area contributed by atoms with Crippen LogP contribution >= 0.6 is 11.6 Å². The topological polar surface area (TPSA) is 60.4 Å². The normalized spacial score (nSPS) is 16.1. The summed E-state index contributed by atoms with van der Waals surface area (Å²) in [6.45, 7) is 3.88. The van der Waals surface area contributed by atoms with E-state index in [4.69, 9.17) is 16.3 Å². The second-order valence-electron chi connectivity index (χ2n) is 6.53. The van der Waals surface area contributed by atoms with Gasteiger partial charge in [0.05, 0.1) is 11.3 Å². The fraction of sp³-hybridized carbons (Fsp3) is 0.286. The van der Waals surface area contributed by atoms with E-state index in [1.54, 1.807) is 42.5 Å². The Labute approximate surface area is 165 Å². The van der Waals surface area contributed by atoms with Crippen molar-refractivity contribution in [1.29, 1.82) is 0 Å². The smallest absolute Gasteiger partial charge is 0.210 e. The van der Waals surface area contributed by atoms with Crippen molar-refractivity contribution >= 4 is 39.4 Å².